The molecule has 2 aromatic heterocycles. The highest BCUT2D eigenvalue weighted by Crippen LogP contribution is 2.14. The van der Waals surface area contributed by atoms with Gasteiger partial charge in [-0.15, -0.1) is 0 Å². The maximum atomic E-state index is 10.4. The summed E-state index contributed by atoms with van der Waals surface area (Å²) in [4.78, 5) is 14.5. The molecule has 0 aliphatic heterocycles. The Balaban J connectivity index is 2.52. The third-order valence-electron chi connectivity index (χ3n) is 1.89. The van der Waals surface area contributed by atoms with Crippen molar-refractivity contribution in [1.82, 2.24) is 9.38 Å². The molecule has 0 aliphatic rings. The fourth-order valence-electron chi connectivity index (χ4n) is 1.25. The lowest BCUT2D eigenvalue weighted by Crippen LogP contribution is -1.89. The van der Waals surface area contributed by atoms with Crippen molar-refractivity contribution in [2.24, 2.45) is 0 Å². The molecule has 5 heteroatoms. The van der Waals surface area contributed by atoms with Crippen LogP contribution < -0.4 is 0 Å². The predicted molar refractivity (Wildman–Crippen MR) is 59.6 cm³/mol. The summed E-state index contributed by atoms with van der Waals surface area (Å²) in [6, 6.07) is 3.73. The van der Waals surface area contributed by atoms with E-state index >= 15 is 0 Å². The van der Waals surface area contributed by atoms with Crippen LogP contribution in [0.5, 0.6) is 0 Å². The van der Waals surface area contributed by atoms with Crippen molar-refractivity contribution in [2.75, 3.05) is 0 Å². The Bertz CT molecular complexity index is 545. The maximum Gasteiger partial charge on any atom is 0.328 e. The number of carboxylic acid groups (broad SMARTS) is 1. The number of hydrogen-bond donors (Lipinski definition) is 1. The summed E-state index contributed by atoms with van der Waals surface area (Å²) in [5, 5.41) is 8.51. The first kappa shape index (κ1) is 9.92. The summed E-state index contributed by atoms with van der Waals surface area (Å²) >= 11 is 3.34. The number of aromatic nitrogens is 2. The Hall–Kier alpha value is -1.62. The first-order valence-electron chi connectivity index (χ1n) is 4.20. The number of fused-ring (bicyclic) bond motifs is 1. The second-order valence-electron chi connectivity index (χ2n) is 2.93. The minimum Gasteiger partial charge on any atom is -0.478 e. The Morgan fingerprint density at radius 1 is 1.53 bits per heavy atom. The van der Waals surface area contributed by atoms with E-state index in [1.54, 1.807) is 6.20 Å². The standard InChI is InChI=1S/C10H7BrN2O2/c11-7-1-3-9-12-5-8(13(9)6-7)2-4-10(14)15/h1-6H,(H,14,15)/b4-2-. The molecule has 2 rings (SSSR count). The van der Waals surface area contributed by atoms with Crippen molar-refractivity contribution in [3.8, 4) is 0 Å². The highest BCUT2D eigenvalue weighted by atomic mass is 79.9. The molecule has 1 N–H and O–H groups in total. The van der Waals surface area contributed by atoms with Crippen molar-refractivity contribution in [3.05, 3.63) is 40.8 Å². The molecule has 0 spiro atoms. The topological polar surface area (TPSA) is 54.6 Å². The second kappa shape index (κ2) is 3.86. The fourth-order valence-corrected chi connectivity index (χ4v) is 1.59. The molecule has 0 radical (unpaired) electrons. The summed E-state index contributed by atoms with van der Waals surface area (Å²) in [5.41, 5.74) is 1.51. The van der Waals surface area contributed by atoms with Crippen molar-refractivity contribution in [3.63, 3.8) is 0 Å². The summed E-state index contributed by atoms with van der Waals surface area (Å²) < 4.78 is 2.72. The van der Waals surface area contributed by atoms with Crippen LogP contribution in [-0.2, 0) is 4.79 Å². The maximum absolute atomic E-state index is 10.4. The number of hydrogen-bond acceptors (Lipinski definition) is 2. The summed E-state index contributed by atoms with van der Waals surface area (Å²) in [6.07, 6.45) is 6.06. The number of imidazole rings is 1. The molecular formula is C10H7BrN2O2. The Labute approximate surface area is 94.0 Å². The van der Waals surface area contributed by atoms with E-state index in [1.807, 2.05) is 22.7 Å². The number of carboxylic acids is 1. The predicted octanol–water partition coefficient (Wildman–Crippen LogP) is 2.19. The van der Waals surface area contributed by atoms with Gasteiger partial charge in [-0.05, 0) is 34.1 Å². The van der Waals surface area contributed by atoms with Gasteiger partial charge in [0.25, 0.3) is 0 Å². The van der Waals surface area contributed by atoms with E-state index < -0.39 is 5.97 Å². The molecule has 0 aliphatic carbocycles. The molecule has 0 unspecified atom stereocenters. The van der Waals surface area contributed by atoms with Gasteiger partial charge >= 0.3 is 5.97 Å². The number of rotatable bonds is 2. The SMILES string of the molecule is O=C(O)/C=C\c1cnc2ccc(Br)cn12. The van der Waals surface area contributed by atoms with E-state index in [1.165, 1.54) is 6.08 Å². The highest BCUT2D eigenvalue weighted by Gasteiger charge is 2.00. The quantitative estimate of drug-likeness (QED) is 0.848. The van der Waals surface area contributed by atoms with Gasteiger partial charge in [-0.25, -0.2) is 9.78 Å². The average molecular weight is 267 g/mol. The Morgan fingerprint density at radius 3 is 3.07 bits per heavy atom. The van der Waals surface area contributed by atoms with Gasteiger partial charge in [0, 0.05) is 16.7 Å². The summed E-state index contributed by atoms with van der Waals surface area (Å²) in [7, 11) is 0. The van der Waals surface area contributed by atoms with Crippen LogP contribution in [0.1, 0.15) is 5.69 Å². The average Bonchev–Trinajstić information content (AvgIpc) is 2.57. The smallest absolute Gasteiger partial charge is 0.328 e. The van der Waals surface area contributed by atoms with E-state index in [2.05, 4.69) is 20.9 Å². The number of aliphatic carboxylic acids is 1. The zero-order valence-electron chi connectivity index (χ0n) is 7.59. The minimum absolute atomic E-state index is 0.730. The third kappa shape index (κ3) is 2.07. The van der Waals surface area contributed by atoms with Crippen molar-refractivity contribution in [1.29, 1.82) is 0 Å². The lowest BCUT2D eigenvalue weighted by molar-refractivity contribution is -0.131. The monoisotopic (exact) mass is 266 g/mol. The van der Waals surface area contributed by atoms with Gasteiger partial charge in [0.15, 0.2) is 0 Å². The number of nitrogens with zero attached hydrogens (tertiary/aromatic N) is 2. The van der Waals surface area contributed by atoms with Crippen LogP contribution in [0, 0.1) is 0 Å². The van der Waals surface area contributed by atoms with Crippen LogP contribution in [0.3, 0.4) is 0 Å². The lowest BCUT2D eigenvalue weighted by Gasteiger charge is -1.96. The van der Waals surface area contributed by atoms with Crippen LogP contribution in [0.4, 0.5) is 0 Å². The van der Waals surface area contributed by atoms with Gasteiger partial charge in [0.05, 0.1) is 11.9 Å². The highest BCUT2D eigenvalue weighted by molar-refractivity contribution is 9.10. The number of pyridine rings is 1. The Kier molecular flexibility index (Phi) is 2.55. The van der Waals surface area contributed by atoms with Crippen molar-refractivity contribution < 1.29 is 9.90 Å². The zero-order valence-corrected chi connectivity index (χ0v) is 9.18. The molecule has 0 fully saturated rings. The van der Waals surface area contributed by atoms with Gasteiger partial charge in [0.2, 0.25) is 0 Å². The first-order valence-corrected chi connectivity index (χ1v) is 5.00. The van der Waals surface area contributed by atoms with Gasteiger partial charge in [-0.2, -0.15) is 0 Å². The van der Waals surface area contributed by atoms with Crippen LogP contribution in [0.15, 0.2) is 35.1 Å². The van der Waals surface area contributed by atoms with Crippen LogP contribution in [0.25, 0.3) is 11.7 Å². The second-order valence-corrected chi connectivity index (χ2v) is 3.85. The molecule has 2 heterocycles. The molecule has 0 amide bonds. The first-order chi connectivity index (χ1) is 7.16. The van der Waals surface area contributed by atoms with E-state index in [0.29, 0.717) is 0 Å². The van der Waals surface area contributed by atoms with Crippen LogP contribution in [0.2, 0.25) is 0 Å². The molecular weight excluding hydrogens is 260 g/mol. The van der Waals surface area contributed by atoms with E-state index in [9.17, 15) is 4.79 Å². The molecule has 4 nitrogen and oxygen atoms in total. The number of carbonyl (C=O) groups is 1. The van der Waals surface area contributed by atoms with Crippen molar-refractivity contribution in [2.45, 2.75) is 0 Å². The normalized spacial score (nSPS) is 11.3. The van der Waals surface area contributed by atoms with E-state index in [-0.39, 0.29) is 0 Å². The van der Waals surface area contributed by atoms with Gasteiger partial charge < -0.3 is 5.11 Å². The minimum atomic E-state index is -0.972. The zero-order chi connectivity index (χ0) is 10.8. The molecule has 0 atom stereocenters. The third-order valence-corrected chi connectivity index (χ3v) is 2.36. The molecule has 0 bridgehead atoms. The summed E-state index contributed by atoms with van der Waals surface area (Å²) in [6.45, 7) is 0. The molecule has 15 heavy (non-hydrogen) atoms. The molecule has 76 valence electrons. The van der Waals surface area contributed by atoms with Crippen LogP contribution >= 0.6 is 15.9 Å². The molecule has 2 aromatic rings. The van der Waals surface area contributed by atoms with E-state index in [0.717, 1.165) is 21.9 Å². The largest absolute Gasteiger partial charge is 0.478 e. The molecule has 0 saturated heterocycles. The van der Waals surface area contributed by atoms with Gasteiger partial charge in [0.1, 0.15) is 5.65 Å². The Morgan fingerprint density at radius 2 is 2.33 bits per heavy atom. The molecule has 0 saturated carbocycles. The van der Waals surface area contributed by atoms with Gasteiger partial charge in [-0.3, -0.25) is 4.40 Å². The van der Waals surface area contributed by atoms with E-state index in [4.69, 9.17) is 5.11 Å². The molecule has 0 aromatic carbocycles. The van der Waals surface area contributed by atoms with Crippen molar-refractivity contribution >= 4 is 33.6 Å². The fraction of sp³-hybridized carbons (Fsp3) is 0. The van der Waals surface area contributed by atoms with Crippen LogP contribution in [-0.4, -0.2) is 20.5 Å². The van der Waals surface area contributed by atoms with Gasteiger partial charge in [-0.1, -0.05) is 0 Å². The lowest BCUT2D eigenvalue weighted by atomic mass is 10.4. The number of halogens is 1. The summed E-state index contributed by atoms with van der Waals surface area (Å²) in [5.74, 6) is -0.972.